The average molecular weight is 261 g/mol. The fraction of sp³-hybridized carbons (Fsp3) is 0.286. The molecule has 5 nitrogen and oxygen atoms in total. The van der Waals surface area contributed by atoms with Gasteiger partial charge >= 0.3 is 5.97 Å². The number of amides is 1. The SMILES string of the molecule is COC1=CC(=O)N(CC(=O)OCc2ccccc2)C1. The number of carbonyl (C=O) groups excluding carboxylic acids is 2. The topological polar surface area (TPSA) is 55.8 Å². The predicted molar refractivity (Wildman–Crippen MR) is 67.9 cm³/mol. The van der Waals surface area contributed by atoms with Crippen LogP contribution in [0.25, 0.3) is 0 Å². The molecule has 0 saturated carbocycles. The van der Waals surface area contributed by atoms with Crippen LogP contribution in [0.4, 0.5) is 0 Å². The van der Waals surface area contributed by atoms with Crippen molar-refractivity contribution in [3.8, 4) is 0 Å². The zero-order valence-corrected chi connectivity index (χ0v) is 10.7. The molecule has 0 bridgehead atoms. The molecule has 0 saturated heterocycles. The van der Waals surface area contributed by atoms with Gasteiger partial charge in [0.1, 0.15) is 18.9 Å². The van der Waals surface area contributed by atoms with Gasteiger partial charge in [-0.3, -0.25) is 9.59 Å². The summed E-state index contributed by atoms with van der Waals surface area (Å²) in [5.74, 6) is -0.0997. The molecule has 1 aromatic carbocycles. The average Bonchev–Trinajstić information content (AvgIpc) is 2.78. The molecule has 0 N–H and O–H groups in total. The van der Waals surface area contributed by atoms with Crippen molar-refractivity contribution < 1.29 is 19.1 Å². The Morgan fingerprint density at radius 2 is 2.05 bits per heavy atom. The Bertz CT molecular complexity index is 495. The van der Waals surface area contributed by atoms with Crippen LogP contribution >= 0.6 is 0 Å². The van der Waals surface area contributed by atoms with Crippen LogP contribution in [0.2, 0.25) is 0 Å². The van der Waals surface area contributed by atoms with E-state index in [0.717, 1.165) is 5.56 Å². The van der Waals surface area contributed by atoms with Crippen molar-refractivity contribution in [2.24, 2.45) is 0 Å². The molecule has 1 aliphatic rings. The number of ether oxygens (including phenoxy) is 2. The van der Waals surface area contributed by atoms with E-state index in [4.69, 9.17) is 9.47 Å². The first-order valence-corrected chi connectivity index (χ1v) is 5.92. The van der Waals surface area contributed by atoms with E-state index in [-0.39, 0.29) is 19.1 Å². The molecule has 0 aliphatic carbocycles. The Morgan fingerprint density at radius 3 is 2.68 bits per heavy atom. The van der Waals surface area contributed by atoms with Gasteiger partial charge in [0.15, 0.2) is 0 Å². The van der Waals surface area contributed by atoms with E-state index in [2.05, 4.69) is 0 Å². The highest BCUT2D eigenvalue weighted by atomic mass is 16.5. The summed E-state index contributed by atoms with van der Waals surface area (Å²) >= 11 is 0. The number of hydrogen-bond donors (Lipinski definition) is 0. The Labute approximate surface area is 111 Å². The summed E-state index contributed by atoms with van der Waals surface area (Å²) < 4.78 is 10.1. The highest BCUT2D eigenvalue weighted by Gasteiger charge is 2.24. The minimum absolute atomic E-state index is 0.0605. The number of esters is 1. The van der Waals surface area contributed by atoms with Gasteiger partial charge < -0.3 is 14.4 Å². The van der Waals surface area contributed by atoms with E-state index in [1.54, 1.807) is 0 Å². The maximum absolute atomic E-state index is 11.6. The van der Waals surface area contributed by atoms with Crippen molar-refractivity contribution in [3.63, 3.8) is 0 Å². The third kappa shape index (κ3) is 3.58. The van der Waals surface area contributed by atoms with Gasteiger partial charge in [-0.1, -0.05) is 30.3 Å². The van der Waals surface area contributed by atoms with Gasteiger partial charge in [-0.25, -0.2) is 0 Å². The molecule has 1 amide bonds. The third-order valence-corrected chi connectivity index (χ3v) is 2.77. The van der Waals surface area contributed by atoms with E-state index in [0.29, 0.717) is 12.3 Å². The summed E-state index contributed by atoms with van der Waals surface area (Å²) in [6.45, 7) is 0.469. The van der Waals surface area contributed by atoms with Gasteiger partial charge in [0.05, 0.1) is 13.7 Å². The van der Waals surface area contributed by atoms with E-state index in [9.17, 15) is 9.59 Å². The summed E-state index contributed by atoms with van der Waals surface area (Å²) in [6, 6.07) is 9.40. The van der Waals surface area contributed by atoms with Crippen LogP contribution in [-0.4, -0.2) is 37.0 Å². The van der Waals surface area contributed by atoms with E-state index >= 15 is 0 Å². The number of hydrogen-bond acceptors (Lipinski definition) is 4. The van der Waals surface area contributed by atoms with E-state index < -0.39 is 5.97 Å². The van der Waals surface area contributed by atoms with Crippen molar-refractivity contribution in [2.75, 3.05) is 20.2 Å². The summed E-state index contributed by atoms with van der Waals surface area (Å²) in [4.78, 5) is 24.5. The van der Waals surface area contributed by atoms with Crippen LogP contribution in [0.5, 0.6) is 0 Å². The second kappa shape index (κ2) is 6.04. The number of nitrogens with zero attached hydrogens (tertiary/aromatic N) is 1. The maximum Gasteiger partial charge on any atom is 0.326 e. The van der Waals surface area contributed by atoms with E-state index in [1.165, 1.54) is 18.1 Å². The molecule has 1 aliphatic heterocycles. The molecule has 1 aromatic rings. The van der Waals surface area contributed by atoms with Gasteiger partial charge in [-0.05, 0) is 5.56 Å². The summed E-state index contributed by atoms with van der Waals surface area (Å²) in [7, 11) is 1.50. The summed E-state index contributed by atoms with van der Waals surface area (Å²) in [5.41, 5.74) is 0.916. The highest BCUT2D eigenvalue weighted by molar-refractivity contribution is 5.93. The minimum Gasteiger partial charge on any atom is -0.499 e. The van der Waals surface area contributed by atoms with Gasteiger partial charge in [-0.15, -0.1) is 0 Å². The molecule has 2 rings (SSSR count). The first-order valence-electron chi connectivity index (χ1n) is 5.92. The number of rotatable bonds is 5. The van der Waals surface area contributed by atoms with Crippen molar-refractivity contribution in [3.05, 3.63) is 47.7 Å². The zero-order valence-electron chi connectivity index (χ0n) is 10.7. The summed E-state index contributed by atoms with van der Waals surface area (Å²) in [5, 5.41) is 0. The Hall–Kier alpha value is -2.30. The molecular weight excluding hydrogens is 246 g/mol. The van der Waals surface area contributed by atoms with Crippen LogP contribution in [0, 0.1) is 0 Å². The fourth-order valence-electron chi connectivity index (χ4n) is 1.74. The van der Waals surface area contributed by atoms with Gasteiger partial charge in [-0.2, -0.15) is 0 Å². The van der Waals surface area contributed by atoms with Crippen molar-refractivity contribution >= 4 is 11.9 Å². The molecular formula is C14H15NO4. The van der Waals surface area contributed by atoms with E-state index in [1.807, 2.05) is 30.3 Å². The lowest BCUT2D eigenvalue weighted by Gasteiger charge is -2.15. The highest BCUT2D eigenvalue weighted by Crippen LogP contribution is 2.11. The molecule has 19 heavy (non-hydrogen) atoms. The lowest BCUT2D eigenvalue weighted by atomic mass is 10.2. The minimum atomic E-state index is -0.428. The number of benzene rings is 1. The Balaban J connectivity index is 1.78. The second-order valence-corrected chi connectivity index (χ2v) is 4.16. The van der Waals surface area contributed by atoms with Gasteiger partial charge in [0.25, 0.3) is 5.91 Å². The van der Waals surface area contributed by atoms with Crippen molar-refractivity contribution in [1.29, 1.82) is 0 Å². The smallest absolute Gasteiger partial charge is 0.326 e. The Kier molecular flexibility index (Phi) is 4.18. The van der Waals surface area contributed by atoms with Crippen molar-refractivity contribution in [2.45, 2.75) is 6.61 Å². The number of methoxy groups -OCH3 is 1. The zero-order chi connectivity index (χ0) is 13.7. The molecule has 5 heteroatoms. The van der Waals surface area contributed by atoms with Crippen LogP contribution in [0.3, 0.4) is 0 Å². The summed E-state index contributed by atoms with van der Waals surface area (Å²) in [6.07, 6.45) is 1.38. The molecule has 0 atom stereocenters. The van der Waals surface area contributed by atoms with Gasteiger partial charge in [0.2, 0.25) is 0 Å². The molecule has 0 radical (unpaired) electrons. The predicted octanol–water partition coefficient (Wildman–Crippen LogP) is 1.10. The first-order chi connectivity index (χ1) is 9.19. The molecule has 0 aromatic heterocycles. The van der Waals surface area contributed by atoms with Crippen molar-refractivity contribution in [1.82, 2.24) is 4.90 Å². The van der Waals surface area contributed by atoms with Crippen LogP contribution < -0.4 is 0 Å². The number of carbonyl (C=O) groups is 2. The largest absolute Gasteiger partial charge is 0.499 e. The van der Waals surface area contributed by atoms with Crippen LogP contribution in [0.15, 0.2) is 42.2 Å². The standard InChI is InChI=1S/C14H15NO4/c1-18-12-7-13(16)15(8-12)9-14(17)19-10-11-5-3-2-4-6-11/h2-7H,8-10H2,1H3. The normalized spacial score (nSPS) is 14.3. The molecule has 0 fully saturated rings. The molecule has 1 heterocycles. The molecule has 0 unspecified atom stereocenters. The lowest BCUT2D eigenvalue weighted by Crippen LogP contribution is -2.32. The van der Waals surface area contributed by atoms with Crippen LogP contribution in [-0.2, 0) is 25.7 Å². The molecule has 100 valence electrons. The molecule has 0 spiro atoms. The maximum atomic E-state index is 11.6. The second-order valence-electron chi connectivity index (χ2n) is 4.16. The third-order valence-electron chi connectivity index (χ3n) is 2.77. The lowest BCUT2D eigenvalue weighted by molar-refractivity contribution is -0.148. The fourth-order valence-corrected chi connectivity index (χ4v) is 1.74. The van der Waals surface area contributed by atoms with Gasteiger partial charge in [0, 0.05) is 6.08 Å². The quantitative estimate of drug-likeness (QED) is 0.745. The first kappa shape index (κ1) is 13.1. The van der Waals surface area contributed by atoms with Crippen LogP contribution in [0.1, 0.15) is 5.56 Å². The Morgan fingerprint density at radius 1 is 1.32 bits per heavy atom. The monoisotopic (exact) mass is 261 g/mol.